The fraction of sp³-hybridized carbons (Fsp3) is 0.667. The zero-order valence-corrected chi connectivity index (χ0v) is 15.3. The molecule has 0 aromatic carbocycles. The van der Waals surface area contributed by atoms with Gasteiger partial charge in [0.15, 0.2) is 5.82 Å². The van der Waals surface area contributed by atoms with E-state index in [4.69, 9.17) is 18.0 Å². The number of hydrogen-bond acceptors (Lipinski definition) is 5. The number of thiocarbonyl (C=S) groups is 1. The molecular formula is C15H26N4S2. The zero-order valence-electron chi connectivity index (χ0n) is 13.6. The Morgan fingerprint density at radius 2 is 1.95 bits per heavy atom. The van der Waals surface area contributed by atoms with Crippen LogP contribution < -0.4 is 10.6 Å². The molecule has 0 spiro atoms. The monoisotopic (exact) mass is 326 g/mol. The summed E-state index contributed by atoms with van der Waals surface area (Å²) < 4.78 is 0. The molecule has 2 N–H and O–H groups in total. The molecular weight excluding hydrogens is 300 g/mol. The van der Waals surface area contributed by atoms with Gasteiger partial charge in [0.25, 0.3) is 0 Å². The Bertz CT molecular complexity index is 491. The molecule has 0 bridgehead atoms. The van der Waals surface area contributed by atoms with E-state index in [1.165, 1.54) is 0 Å². The summed E-state index contributed by atoms with van der Waals surface area (Å²) in [6.45, 7) is 6.38. The van der Waals surface area contributed by atoms with E-state index in [9.17, 15) is 0 Å². The third-order valence-corrected chi connectivity index (χ3v) is 4.71. The first-order chi connectivity index (χ1) is 10.0. The zero-order chi connectivity index (χ0) is 16.0. The lowest BCUT2D eigenvalue weighted by atomic mass is 10.0. The number of hydrogen-bond donors (Lipinski definition) is 1. The normalized spacial score (nSPS) is 12.2. The number of rotatable bonds is 8. The molecule has 1 aromatic rings. The van der Waals surface area contributed by atoms with E-state index < -0.39 is 0 Å². The number of thioether (sulfide) groups is 1. The summed E-state index contributed by atoms with van der Waals surface area (Å²) in [7, 11) is 2.06. The molecule has 0 aliphatic rings. The molecule has 4 nitrogen and oxygen atoms in total. The summed E-state index contributed by atoms with van der Waals surface area (Å²) in [4.78, 5) is 2.59. The van der Waals surface area contributed by atoms with Crippen LogP contribution in [0.4, 0.5) is 5.82 Å². The Morgan fingerprint density at radius 3 is 2.38 bits per heavy atom. The lowest BCUT2D eigenvalue weighted by molar-refractivity contribution is 0.657. The highest BCUT2D eigenvalue weighted by molar-refractivity contribution is 7.98. The standard InChI is InChI=1S/C15H26N4S2/c1-6-10(9-21-5)19(4)15-13(14(16)20)11(7-2)12(8-3)17-18-15/h10H,6-9H2,1-5H3,(H2,16,20). The minimum absolute atomic E-state index is 0.402. The molecule has 0 amide bonds. The van der Waals surface area contributed by atoms with Crippen LogP contribution in [0, 0.1) is 0 Å². The van der Waals surface area contributed by atoms with Gasteiger partial charge in [0, 0.05) is 18.8 Å². The van der Waals surface area contributed by atoms with E-state index in [-0.39, 0.29) is 0 Å². The van der Waals surface area contributed by atoms with E-state index in [1.54, 1.807) is 0 Å². The van der Waals surface area contributed by atoms with Gasteiger partial charge in [-0.1, -0.05) is 33.0 Å². The molecule has 0 saturated carbocycles. The smallest absolute Gasteiger partial charge is 0.161 e. The van der Waals surface area contributed by atoms with Crippen LogP contribution in [-0.4, -0.2) is 40.3 Å². The highest BCUT2D eigenvalue weighted by atomic mass is 32.2. The van der Waals surface area contributed by atoms with Crippen LogP contribution in [0.3, 0.4) is 0 Å². The third kappa shape index (κ3) is 4.07. The first-order valence-corrected chi connectivity index (χ1v) is 9.21. The van der Waals surface area contributed by atoms with Gasteiger partial charge in [-0.05, 0) is 31.1 Å². The fourth-order valence-corrected chi connectivity index (χ4v) is 3.60. The van der Waals surface area contributed by atoms with E-state index in [2.05, 4.69) is 49.2 Å². The Balaban J connectivity index is 3.38. The van der Waals surface area contributed by atoms with Crippen molar-refractivity contribution in [3.05, 3.63) is 16.8 Å². The van der Waals surface area contributed by atoms with E-state index in [0.29, 0.717) is 11.0 Å². The Hall–Kier alpha value is -0.880. The number of anilines is 1. The molecule has 1 rings (SSSR count). The minimum atomic E-state index is 0.402. The lowest BCUT2D eigenvalue weighted by Crippen LogP contribution is -2.36. The van der Waals surface area contributed by atoms with Crippen molar-refractivity contribution in [3.63, 3.8) is 0 Å². The van der Waals surface area contributed by atoms with Crippen LogP contribution in [0.5, 0.6) is 0 Å². The van der Waals surface area contributed by atoms with Crippen LogP contribution in [0.2, 0.25) is 0 Å². The summed E-state index contributed by atoms with van der Waals surface area (Å²) in [6, 6.07) is 0.402. The summed E-state index contributed by atoms with van der Waals surface area (Å²) in [5.74, 6) is 1.86. The molecule has 1 atom stereocenters. The van der Waals surface area contributed by atoms with Crippen molar-refractivity contribution in [2.45, 2.75) is 46.1 Å². The molecule has 0 aliphatic carbocycles. The van der Waals surface area contributed by atoms with Crippen LogP contribution in [0.15, 0.2) is 0 Å². The highest BCUT2D eigenvalue weighted by Crippen LogP contribution is 2.26. The largest absolute Gasteiger partial charge is 0.389 e. The molecule has 0 radical (unpaired) electrons. The van der Waals surface area contributed by atoms with Gasteiger partial charge in [-0.15, -0.1) is 5.10 Å². The van der Waals surface area contributed by atoms with Crippen molar-refractivity contribution in [1.82, 2.24) is 10.2 Å². The average Bonchev–Trinajstić information content (AvgIpc) is 2.49. The number of aryl methyl sites for hydroxylation is 1. The van der Waals surface area contributed by atoms with Gasteiger partial charge in [-0.2, -0.15) is 16.9 Å². The number of nitrogens with two attached hydrogens (primary N) is 1. The quantitative estimate of drug-likeness (QED) is 0.741. The van der Waals surface area contributed by atoms with Crippen molar-refractivity contribution >= 4 is 34.8 Å². The first-order valence-electron chi connectivity index (χ1n) is 7.41. The number of nitrogens with zero attached hydrogens (tertiary/aromatic N) is 3. The van der Waals surface area contributed by atoms with Crippen LogP contribution >= 0.6 is 24.0 Å². The van der Waals surface area contributed by atoms with E-state index in [1.807, 2.05) is 11.8 Å². The fourth-order valence-electron chi connectivity index (χ4n) is 2.54. The van der Waals surface area contributed by atoms with Gasteiger partial charge in [0.05, 0.1) is 11.3 Å². The maximum atomic E-state index is 6.00. The Labute approximate surface area is 137 Å². The molecule has 6 heteroatoms. The van der Waals surface area contributed by atoms with Crippen molar-refractivity contribution in [3.8, 4) is 0 Å². The maximum Gasteiger partial charge on any atom is 0.161 e. The van der Waals surface area contributed by atoms with Gasteiger partial charge in [0.2, 0.25) is 0 Å². The summed E-state index contributed by atoms with van der Waals surface area (Å²) in [5, 5.41) is 8.82. The van der Waals surface area contributed by atoms with Crippen molar-refractivity contribution < 1.29 is 0 Å². The van der Waals surface area contributed by atoms with Gasteiger partial charge in [-0.3, -0.25) is 0 Å². The van der Waals surface area contributed by atoms with E-state index >= 15 is 0 Å². The van der Waals surface area contributed by atoms with Crippen molar-refractivity contribution in [1.29, 1.82) is 0 Å². The van der Waals surface area contributed by atoms with Crippen LogP contribution in [-0.2, 0) is 12.8 Å². The van der Waals surface area contributed by atoms with Crippen molar-refractivity contribution in [2.24, 2.45) is 5.73 Å². The average molecular weight is 327 g/mol. The summed E-state index contributed by atoms with van der Waals surface area (Å²) >= 11 is 7.13. The Morgan fingerprint density at radius 1 is 1.29 bits per heavy atom. The molecule has 0 aliphatic heterocycles. The van der Waals surface area contributed by atoms with Gasteiger partial charge in [0.1, 0.15) is 4.99 Å². The van der Waals surface area contributed by atoms with E-state index in [0.717, 1.165) is 47.7 Å². The molecule has 1 aromatic heterocycles. The molecule has 1 heterocycles. The predicted octanol–water partition coefficient (Wildman–Crippen LogP) is 2.81. The minimum Gasteiger partial charge on any atom is -0.389 e. The molecule has 21 heavy (non-hydrogen) atoms. The molecule has 1 unspecified atom stereocenters. The van der Waals surface area contributed by atoms with Crippen LogP contribution in [0.25, 0.3) is 0 Å². The topological polar surface area (TPSA) is 55.0 Å². The number of aromatic nitrogens is 2. The SMILES string of the molecule is CCc1nnc(N(C)C(CC)CSC)c(C(N)=S)c1CC. The molecule has 0 fully saturated rings. The predicted molar refractivity (Wildman–Crippen MR) is 97.5 cm³/mol. The van der Waals surface area contributed by atoms with Gasteiger partial charge in [-0.25, -0.2) is 0 Å². The maximum absolute atomic E-state index is 6.00. The third-order valence-electron chi connectivity index (χ3n) is 3.79. The van der Waals surface area contributed by atoms with Gasteiger partial charge < -0.3 is 10.6 Å². The summed E-state index contributed by atoms with van der Waals surface area (Å²) in [5.41, 5.74) is 9.04. The second kappa shape index (κ2) is 8.54. The molecule has 0 saturated heterocycles. The second-order valence-electron chi connectivity index (χ2n) is 5.02. The Kier molecular flexibility index (Phi) is 7.39. The van der Waals surface area contributed by atoms with Crippen molar-refractivity contribution in [2.75, 3.05) is 24.0 Å². The second-order valence-corrected chi connectivity index (χ2v) is 6.37. The highest BCUT2D eigenvalue weighted by Gasteiger charge is 2.22. The summed E-state index contributed by atoms with van der Waals surface area (Å²) in [6.07, 6.45) is 4.88. The first kappa shape index (κ1) is 18.2. The molecule has 118 valence electrons. The van der Waals surface area contributed by atoms with Crippen LogP contribution in [0.1, 0.15) is 44.0 Å². The van der Waals surface area contributed by atoms with Gasteiger partial charge >= 0.3 is 0 Å². The lowest BCUT2D eigenvalue weighted by Gasteiger charge is -2.30.